The number of hydrogen-bond acceptors (Lipinski definition) is 6. The van der Waals surface area contributed by atoms with Gasteiger partial charge < -0.3 is 9.30 Å². The predicted octanol–water partition coefficient (Wildman–Crippen LogP) is 4.88. The highest BCUT2D eigenvalue weighted by molar-refractivity contribution is 7.98. The third-order valence-corrected chi connectivity index (χ3v) is 5.58. The first-order valence-electron chi connectivity index (χ1n) is 9.52. The Morgan fingerprint density at radius 1 is 1.14 bits per heavy atom. The van der Waals surface area contributed by atoms with Crippen LogP contribution in [0.5, 0.6) is 5.75 Å². The SMILES string of the molecule is CCCCc1nnc(SCc2cccc(OC)c2)n1Cc1ccc([N+](=O)[O-])cc1. The Hall–Kier alpha value is -2.87. The van der Waals surface area contributed by atoms with Gasteiger partial charge in [0.25, 0.3) is 5.69 Å². The second-order valence-corrected chi connectivity index (χ2v) is 7.59. The number of unbranched alkanes of at least 4 members (excludes halogenated alkanes) is 1. The van der Waals surface area contributed by atoms with E-state index in [1.54, 1.807) is 31.0 Å². The lowest BCUT2D eigenvalue weighted by Gasteiger charge is -2.10. The minimum atomic E-state index is -0.384. The summed E-state index contributed by atoms with van der Waals surface area (Å²) in [4.78, 5) is 10.5. The van der Waals surface area contributed by atoms with Gasteiger partial charge in [-0.2, -0.15) is 0 Å². The summed E-state index contributed by atoms with van der Waals surface area (Å²) < 4.78 is 7.41. The largest absolute Gasteiger partial charge is 0.497 e. The van der Waals surface area contributed by atoms with Crippen LogP contribution >= 0.6 is 11.8 Å². The van der Waals surface area contributed by atoms with Gasteiger partial charge >= 0.3 is 0 Å². The molecule has 0 spiro atoms. The third kappa shape index (κ3) is 5.57. The molecule has 1 heterocycles. The molecule has 0 radical (unpaired) electrons. The van der Waals surface area contributed by atoms with Gasteiger partial charge in [0.2, 0.25) is 0 Å². The average molecular weight is 413 g/mol. The van der Waals surface area contributed by atoms with E-state index >= 15 is 0 Å². The van der Waals surface area contributed by atoms with Crippen LogP contribution in [0.25, 0.3) is 0 Å². The molecule has 0 saturated carbocycles. The minimum Gasteiger partial charge on any atom is -0.497 e. The van der Waals surface area contributed by atoms with Gasteiger partial charge in [-0.15, -0.1) is 10.2 Å². The number of aryl methyl sites for hydroxylation is 1. The van der Waals surface area contributed by atoms with Crippen LogP contribution in [0.15, 0.2) is 53.7 Å². The molecule has 7 nitrogen and oxygen atoms in total. The minimum absolute atomic E-state index is 0.0938. The van der Waals surface area contributed by atoms with Crippen molar-refractivity contribution < 1.29 is 9.66 Å². The molecule has 0 fully saturated rings. The molecular weight excluding hydrogens is 388 g/mol. The Labute approximate surface area is 174 Å². The molecule has 0 aliphatic carbocycles. The van der Waals surface area contributed by atoms with Crippen LogP contribution < -0.4 is 4.74 Å². The maximum absolute atomic E-state index is 10.9. The standard InChI is InChI=1S/C21H24N4O3S/c1-3-4-8-20-22-23-21(29-15-17-6-5-7-19(13-17)28-2)24(20)14-16-9-11-18(12-10-16)25(26)27/h5-7,9-13H,3-4,8,14-15H2,1-2H3. The number of nitro groups is 1. The normalized spacial score (nSPS) is 10.8. The summed E-state index contributed by atoms with van der Waals surface area (Å²) in [6.07, 6.45) is 2.98. The molecule has 0 unspecified atom stereocenters. The van der Waals surface area contributed by atoms with E-state index in [4.69, 9.17) is 4.74 Å². The molecule has 0 aliphatic heterocycles. The fourth-order valence-electron chi connectivity index (χ4n) is 2.92. The van der Waals surface area contributed by atoms with Crippen molar-refractivity contribution in [3.8, 4) is 5.75 Å². The number of rotatable bonds is 10. The molecule has 0 bridgehead atoms. The Morgan fingerprint density at radius 2 is 1.93 bits per heavy atom. The molecule has 0 amide bonds. The van der Waals surface area contributed by atoms with E-state index in [2.05, 4.69) is 27.8 Å². The van der Waals surface area contributed by atoms with Crippen molar-refractivity contribution in [1.82, 2.24) is 14.8 Å². The van der Waals surface area contributed by atoms with E-state index in [1.807, 2.05) is 18.2 Å². The highest BCUT2D eigenvalue weighted by Gasteiger charge is 2.14. The van der Waals surface area contributed by atoms with Crippen molar-refractivity contribution in [3.05, 3.63) is 75.6 Å². The van der Waals surface area contributed by atoms with Crippen molar-refractivity contribution in [3.63, 3.8) is 0 Å². The van der Waals surface area contributed by atoms with Crippen LogP contribution in [0, 0.1) is 10.1 Å². The molecule has 0 aliphatic rings. The summed E-state index contributed by atoms with van der Waals surface area (Å²) in [5.41, 5.74) is 2.22. The molecular formula is C21H24N4O3S. The van der Waals surface area contributed by atoms with E-state index in [0.29, 0.717) is 6.54 Å². The summed E-state index contributed by atoms with van der Waals surface area (Å²) in [5, 5.41) is 20.5. The first-order chi connectivity index (χ1) is 14.1. The maximum Gasteiger partial charge on any atom is 0.269 e. The first-order valence-corrected chi connectivity index (χ1v) is 10.5. The number of aromatic nitrogens is 3. The molecule has 0 N–H and O–H groups in total. The van der Waals surface area contributed by atoms with Crippen LogP contribution in [-0.4, -0.2) is 26.8 Å². The van der Waals surface area contributed by atoms with Gasteiger partial charge in [0.1, 0.15) is 11.6 Å². The second-order valence-electron chi connectivity index (χ2n) is 6.65. The Balaban J connectivity index is 1.79. The van der Waals surface area contributed by atoms with Crippen molar-refractivity contribution in [2.24, 2.45) is 0 Å². The Morgan fingerprint density at radius 3 is 2.62 bits per heavy atom. The fourth-order valence-corrected chi connectivity index (χ4v) is 3.82. The van der Waals surface area contributed by atoms with E-state index < -0.39 is 0 Å². The maximum atomic E-state index is 10.9. The third-order valence-electron chi connectivity index (χ3n) is 4.54. The van der Waals surface area contributed by atoms with Gasteiger partial charge in [0.15, 0.2) is 5.16 Å². The zero-order valence-corrected chi connectivity index (χ0v) is 17.4. The summed E-state index contributed by atoms with van der Waals surface area (Å²) in [6.45, 7) is 2.74. The summed E-state index contributed by atoms with van der Waals surface area (Å²) in [7, 11) is 1.66. The van der Waals surface area contributed by atoms with Crippen molar-refractivity contribution in [1.29, 1.82) is 0 Å². The summed E-state index contributed by atoms with van der Waals surface area (Å²) >= 11 is 1.63. The lowest BCUT2D eigenvalue weighted by Crippen LogP contribution is -2.07. The number of thioether (sulfide) groups is 1. The number of nitrogens with zero attached hydrogens (tertiary/aromatic N) is 4. The summed E-state index contributed by atoms with van der Waals surface area (Å²) in [5.74, 6) is 2.53. The van der Waals surface area contributed by atoms with Gasteiger partial charge in [-0.1, -0.05) is 49.4 Å². The highest BCUT2D eigenvalue weighted by Crippen LogP contribution is 2.25. The zero-order valence-electron chi connectivity index (χ0n) is 16.6. The van der Waals surface area contributed by atoms with Crippen molar-refractivity contribution in [2.45, 2.75) is 43.6 Å². The number of nitro benzene ring substituents is 1. The first kappa shape index (κ1) is 20.9. The quantitative estimate of drug-likeness (QED) is 0.268. The molecule has 1 aromatic heterocycles. The molecule has 3 rings (SSSR count). The number of ether oxygens (including phenoxy) is 1. The monoisotopic (exact) mass is 412 g/mol. The fraction of sp³-hybridized carbons (Fsp3) is 0.333. The molecule has 0 atom stereocenters. The van der Waals surface area contributed by atoms with Gasteiger partial charge in [0, 0.05) is 24.3 Å². The predicted molar refractivity (Wildman–Crippen MR) is 113 cm³/mol. The number of non-ortho nitro benzene ring substituents is 1. The average Bonchev–Trinajstić information content (AvgIpc) is 3.12. The Bertz CT molecular complexity index is 957. The van der Waals surface area contributed by atoms with E-state index in [9.17, 15) is 10.1 Å². The van der Waals surface area contributed by atoms with Gasteiger partial charge in [-0.05, 0) is 29.7 Å². The van der Waals surface area contributed by atoms with Crippen LogP contribution in [0.4, 0.5) is 5.69 Å². The number of hydrogen-bond donors (Lipinski definition) is 0. The zero-order chi connectivity index (χ0) is 20.6. The van der Waals surface area contributed by atoms with E-state index in [-0.39, 0.29) is 10.6 Å². The number of methoxy groups -OCH3 is 1. The molecule has 0 saturated heterocycles. The highest BCUT2D eigenvalue weighted by atomic mass is 32.2. The second kappa shape index (κ2) is 10.1. The summed E-state index contributed by atoms with van der Waals surface area (Å²) in [6, 6.07) is 14.6. The van der Waals surface area contributed by atoms with Crippen molar-refractivity contribution in [2.75, 3.05) is 7.11 Å². The Kier molecular flexibility index (Phi) is 7.24. The van der Waals surface area contributed by atoms with Crippen molar-refractivity contribution >= 4 is 17.4 Å². The smallest absolute Gasteiger partial charge is 0.269 e. The van der Waals surface area contributed by atoms with Gasteiger partial charge in [-0.25, -0.2) is 0 Å². The van der Waals surface area contributed by atoms with Gasteiger partial charge in [0.05, 0.1) is 18.6 Å². The lowest BCUT2D eigenvalue weighted by molar-refractivity contribution is -0.384. The van der Waals surface area contributed by atoms with E-state index in [1.165, 1.54) is 12.1 Å². The topological polar surface area (TPSA) is 83.1 Å². The van der Waals surface area contributed by atoms with E-state index in [0.717, 1.165) is 52.9 Å². The van der Waals surface area contributed by atoms with Crippen LogP contribution in [0.1, 0.15) is 36.7 Å². The van der Waals surface area contributed by atoms with Crippen LogP contribution in [-0.2, 0) is 18.7 Å². The molecule has 29 heavy (non-hydrogen) atoms. The molecule has 2 aromatic carbocycles. The number of benzene rings is 2. The molecule has 152 valence electrons. The molecule has 3 aromatic rings. The van der Waals surface area contributed by atoms with Crippen LogP contribution in [0.2, 0.25) is 0 Å². The van der Waals surface area contributed by atoms with Gasteiger partial charge in [-0.3, -0.25) is 10.1 Å². The van der Waals surface area contributed by atoms with Crippen LogP contribution in [0.3, 0.4) is 0 Å². The molecule has 8 heteroatoms. The lowest BCUT2D eigenvalue weighted by atomic mass is 10.2.